The van der Waals surface area contributed by atoms with E-state index < -0.39 is 20.8 Å². The van der Waals surface area contributed by atoms with E-state index in [4.69, 9.17) is 10.9 Å². The van der Waals surface area contributed by atoms with Gasteiger partial charge in [-0.15, -0.1) is 6.58 Å². The maximum absolute atomic E-state index is 12.6. The minimum atomic E-state index is -3.81. The van der Waals surface area contributed by atoms with Crippen molar-refractivity contribution in [2.24, 2.45) is 5.14 Å². The largest absolute Gasteiger partial charge is 0.385 e. The van der Waals surface area contributed by atoms with Crippen molar-refractivity contribution < 1.29 is 13.2 Å². The standard InChI is InChI=1S/C17H21N5O4S2/c1-3-9-22-14(18)10-15(23)21-17(22)27-13(4-2)16(24)20-11-5-7-12(8-6-11)28(19,25)26/h3,5-8,10,13H,1,4,9,18H2,2H3,(H,20,24)(H2,19,25,26)/t13-/m1/s1. The molecule has 0 aliphatic rings. The molecule has 11 heteroatoms. The van der Waals surface area contributed by atoms with Gasteiger partial charge in [-0.05, 0) is 30.7 Å². The van der Waals surface area contributed by atoms with Crippen LogP contribution in [0.25, 0.3) is 0 Å². The lowest BCUT2D eigenvalue weighted by molar-refractivity contribution is -0.115. The highest BCUT2D eigenvalue weighted by Gasteiger charge is 2.21. The van der Waals surface area contributed by atoms with Crippen molar-refractivity contribution in [2.75, 3.05) is 11.1 Å². The number of thioether (sulfide) groups is 1. The second-order valence-electron chi connectivity index (χ2n) is 5.77. The first kappa shape index (κ1) is 21.7. The lowest BCUT2D eigenvalue weighted by atomic mass is 10.3. The Balaban J connectivity index is 2.21. The number of nitrogen functional groups attached to an aromatic ring is 1. The molecule has 0 fully saturated rings. The van der Waals surface area contributed by atoms with E-state index in [0.29, 0.717) is 23.8 Å². The van der Waals surface area contributed by atoms with E-state index in [1.807, 2.05) is 6.92 Å². The highest BCUT2D eigenvalue weighted by molar-refractivity contribution is 8.00. The van der Waals surface area contributed by atoms with Gasteiger partial charge >= 0.3 is 0 Å². The Labute approximate surface area is 166 Å². The van der Waals surface area contributed by atoms with Crippen LogP contribution in [0, 0.1) is 0 Å². The average molecular weight is 424 g/mol. The number of carbonyl (C=O) groups is 1. The predicted octanol–water partition coefficient (Wildman–Crippen LogP) is 1.17. The van der Waals surface area contributed by atoms with Crippen LogP contribution in [0.2, 0.25) is 0 Å². The Morgan fingerprint density at radius 3 is 2.57 bits per heavy atom. The molecule has 0 radical (unpaired) electrons. The third-order valence-electron chi connectivity index (χ3n) is 3.69. The normalized spacial score (nSPS) is 12.4. The van der Waals surface area contributed by atoms with Gasteiger partial charge in [-0.3, -0.25) is 9.59 Å². The fraction of sp³-hybridized carbons (Fsp3) is 0.235. The molecule has 2 rings (SSSR count). The number of nitrogens with one attached hydrogen (secondary N) is 1. The maximum Gasteiger partial charge on any atom is 0.275 e. The minimum absolute atomic E-state index is 0.0516. The van der Waals surface area contributed by atoms with Crippen molar-refractivity contribution in [3.63, 3.8) is 0 Å². The highest BCUT2D eigenvalue weighted by Crippen LogP contribution is 2.26. The van der Waals surface area contributed by atoms with E-state index >= 15 is 0 Å². The van der Waals surface area contributed by atoms with Crippen LogP contribution in [-0.4, -0.2) is 29.1 Å². The molecule has 0 bridgehead atoms. The van der Waals surface area contributed by atoms with Gasteiger partial charge < -0.3 is 15.6 Å². The van der Waals surface area contributed by atoms with Gasteiger partial charge in [0.1, 0.15) is 5.82 Å². The zero-order valence-electron chi connectivity index (χ0n) is 15.2. The summed E-state index contributed by atoms with van der Waals surface area (Å²) in [5, 5.41) is 7.53. The summed E-state index contributed by atoms with van der Waals surface area (Å²) in [6.45, 7) is 5.82. The molecule has 1 heterocycles. The third-order valence-corrected chi connectivity index (χ3v) is 5.98. The number of rotatable bonds is 8. The Bertz CT molecular complexity index is 1030. The van der Waals surface area contributed by atoms with Gasteiger partial charge in [0.15, 0.2) is 5.16 Å². The molecule has 1 aromatic heterocycles. The van der Waals surface area contributed by atoms with E-state index in [0.717, 1.165) is 11.8 Å². The number of primary sulfonamides is 1. The summed E-state index contributed by atoms with van der Waals surface area (Å²) >= 11 is 1.11. The number of aromatic nitrogens is 2. The van der Waals surface area contributed by atoms with Crippen LogP contribution in [0.15, 0.2) is 57.8 Å². The molecule has 5 N–H and O–H groups in total. The Morgan fingerprint density at radius 1 is 1.39 bits per heavy atom. The Hall–Kier alpha value is -2.63. The second-order valence-corrected chi connectivity index (χ2v) is 8.51. The van der Waals surface area contributed by atoms with Gasteiger partial charge in [-0.2, -0.15) is 4.98 Å². The van der Waals surface area contributed by atoms with Gasteiger partial charge in [0.05, 0.1) is 10.1 Å². The SMILES string of the molecule is C=CCn1c(N)cc(=O)nc1S[C@H](CC)C(=O)Nc1ccc(S(N)(=O)=O)cc1. The number of anilines is 2. The quantitative estimate of drug-likeness (QED) is 0.327. The molecule has 1 aromatic carbocycles. The van der Waals surface area contributed by atoms with Crippen LogP contribution in [0.3, 0.4) is 0 Å². The van der Waals surface area contributed by atoms with Gasteiger partial charge in [0.2, 0.25) is 15.9 Å². The van der Waals surface area contributed by atoms with Gasteiger partial charge in [-0.25, -0.2) is 13.6 Å². The van der Waals surface area contributed by atoms with Crippen LogP contribution in [0.4, 0.5) is 11.5 Å². The van der Waals surface area contributed by atoms with Gasteiger partial charge in [-0.1, -0.05) is 24.8 Å². The fourth-order valence-corrected chi connectivity index (χ4v) is 3.86. The van der Waals surface area contributed by atoms with E-state index in [-0.39, 0.29) is 16.6 Å². The van der Waals surface area contributed by atoms with Crippen LogP contribution in [0.1, 0.15) is 13.3 Å². The van der Waals surface area contributed by atoms with Crippen LogP contribution < -0.4 is 21.7 Å². The average Bonchev–Trinajstić information content (AvgIpc) is 2.61. The van der Waals surface area contributed by atoms with E-state index in [1.54, 1.807) is 10.6 Å². The van der Waals surface area contributed by atoms with Crippen molar-refractivity contribution in [3.05, 3.63) is 53.3 Å². The summed E-state index contributed by atoms with van der Waals surface area (Å²) in [4.78, 5) is 28.2. The number of nitrogens with two attached hydrogens (primary N) is 2. The Morgan fingerprint density at radius 2 is 2.04 bits per heavy atom. The van der Waals surface area contributed by atoms with E-state index in [2.05, 4.69) is 16.9 Å². The summed E-state index contributed by atoms with van der Waals surface area (Å²) in [6, 6.07) is 6.71. The molecule has 150 valence electrons. The molecule has 28 heavy (non-hydrogen) atoms. The summed E-state index contributed by atoms with van der Waals surface area (Å²) in [5.74, 6) is -0.0890. The molecule has 0 spiro atoms. The minimum Gasteiger partial charge on any atom is -0.385 e. The number of nitrogens with zero attached hydrogens (tertiary/aromatic N) is 2. The van der Waals surface area contributed by atoms with Crippen molar-refractivity contribution in [2.45, 2.75) is 35.2 Å². The van der Waals surface area contributed by atoms with Crippen molar-refractivity contribution in [3.8, 4) is 0 Å². The highest BCUT2D eigenvalue weighted by atomic mass is 32.2. The van der Waals surface area contributed by atoms with Gasteiger partial charge in [0, 0.05) is 18.3 Å². The molecule has 2 aromatic rings. The van der Waals surface area contributed by atoms with Crippen LogP contribution in [-0.2, 0) is 21.4 Å². The molecular weight excluding hydrogens is 402 g/mol. The summed E-state index contributed by atoms with van der Waals surface area (Å²) in [6.07, 6.45) is 2.07. The molecule has 0 saturated heterocycles. The first-order valence-electron chi connectivity index (χ1n) is 8.24. The molecule has 1 amide bonds. The van der Waals surface area contributed by atoms with E-state index in [9.17, 15) is 18.0 Å². The fourth-order valence-electron chi connectivity index (χ4n) is 2.30. The number of hydrogen-bond donors (Lipinski definition) is 3. The number of benzene rings is 1. The van der Waals surface area contributed by atoms with Crippen LogP contribution in [0.5, 0.6) is 0 Å². The lowest BCUT2D eigenvalue weighted by Gasteiger charge is -2.18. The molecule has 0 aliphatic heterocycles. The first-order chi connectivity index (χ1) is 13.2. The second kappa shape index (κ2) is 9.04. The number of allylic oxidation sites excluding steroid dienone is 1. The monoisotopic (exact) mass is 423 g/mol. The Kier molecular flexibility index (Phi) is 7.00. The number of carbonyl (C=O) groups excluding carboxylic acids is 1. The van der Waals surface area contributed by atoms with Crippen molar-refractivity contribution in [1.29, 1.82) is 0 Å². The number of sulfonamides is 1. The number of hydrogen-bond acceptors (Lipinski definition) is 7. The third kappa shape index (κ3) is 5.44. The van der Waals surface area contributed by atoms with Crippen molar-refractivity contribution >= 4 is 39.2 Å². The lowest BCUT2D eigenvalue weighted by Crippen LogP contribution is -2.26. The topological polar surface area (TPSA) is 150 Å². The zero-order chi connectivity index (χ0) is 20.9. The summed E-state index contributed by atoms with van der Waals surface area (Å²) in [5.41, 5.74) is 5.80. The zero-order valence-corrected chi connectivity index (χ0v) is 16.8. The summed E-state index contributed by atoms with van der Waals surface area (Å²) < 4.78 is 24.2. The van der Waals surface area contributed by atoms with Gasteiger partial charge in [0.25, 0.3) is 5.56 Å². The van der Waals surface area contributed by atoms with Crippen molar-refractivity contribution in [1.82, 2.24) is 9.55 Å². The molecule has 0 aliphatic carbocycles. The maximum atomic E-state index is 12.6. The van der Waals surface area contributed by atoms with E-state index in [1.165, 1.54) is 30.3 Å². The number of amides is 1. The summed E-state index contributed by atoms with van der Waals surface area (Å²) in [7, 11) is -3.81. The molecule has 0 saturated carbocycles. The predicted molar refractivity (Wildman–Crippen MR) is 109 cm³/mol. The molecule has 0 unspecified atom stereocenters. The van der Waals surface area contributed by atoms with Crippen LogP contribution >= 0.6 is 11.8 Å². The molecule has 9 nitrogen and oxygen atoms in total. The first-order valence-corrected chi connectivity index (χ1v) is 10.7. The smallest absolute Gasteiger partial charge is 0.275 e. The molecular formula is C17H21N5O4S2. The molecule has 1 atom stereocenters.